The van der Waals surface area contributed by atoms with Crippen molar-refractivity contribution < 1.29 is 14.7 Å². The highest BCUT2D eigenvalue weighted by atomic mass is 16.3. The highest BCUT2D eigenvalue weighted by Gasteiger charge is 2.41. The molecule has 1 saturated heterocycles. The van der Waals surface area contributed by atoms with Gasteiger partial charge in [0.15, 0.2) is 5.78 Å². The van der Waals surface area contributed by atoms with E-state index in [2.05, 4.69) is 0 Å². The van der Waals surface area contributed by atoms with Crippen LogP contribution in [0.1, 0.15) is 34.1 Å². The van der Waals surface area contributed by atoms with Crippen molar-refractivity contribution in [2.45, 2.75) is 46.3 Å². The van der Waals surface area contributed by atoms with Crippen LogP contribution in [0, 0.1) is 5.41 Å². The van der Waals surface area contributed by atoms with Crippen LogP contribution in [0.15, 0.2) is 0 Å². The van der Waals surface area contributed by atoms with Gasteiger partial charge in [-0.15, -0.1) is 0 Å². The molecule has 0 aromatic rings. The zero-order valence-electron chi connectivity index (χ0n) is 9.78. The van der Waals surface area contributed by atoms with Crippen molar-refractivity contribution >= 4 is 11.7 Å². The zero-order chi connectivity index (χ0) is 11.8. The summed E-state index contributed by atoms with van der Waals surface area (Å²) in [5.74, 6) is -0.122. The third-order valence-corrected chi connectivity index (χ3v) is 2.73. The van der Waals surface area contributed by atoms with E-state index in [4.69, 9.17) is 0 Å². The van der Waals surface area contributed by atoms with E-state index < -0.39 is 17.6 Å². The lowest BCUT2D eigenvalue weighted by molar-refractivity contribution is -0.139. The minimum Gasteiger partial charge on any atom is -0.391 e. The first-order valence-electron chi connectivity index (χ1n) is 5.23. The maximum atomic E-state index is 12.0. The van der Waals surface area contributed by atoms with Crippen LogP contribution in [0.5, 0.6) is 0 Å². The number of nitrogens with zero attached hydrogens (tertiary/aromatic N) is 1. The molecule has 0 aromatic carbocycles. The van der Waals surface area contributed by atoms with Gasteiger partial charge in [-0.05, 0) is 0 Å². The van der Waals surface area contributed by atoms with Crippen molar-refractivity contribution in [2.75, 3.05) is 6.54 Å². The zero-order valence-corrected chi connectivity index (χ0v) is 9.78. The maximum Gasteiger partial charge on any atom is 0.220 e. The number of amides is 1. The molecule has 4 heteroatoms. The van der Waals surface area contributed by atoms with Gasteiger partial charge >= 0.3 is 0 Å². The van der Waals surface area contributed by atoms with Gasteiger partial charge in [0.05, 0.1) is 12.1 Å². The maximum absolute atomic E-state index is 12.0. The highest BCUT2D eigenvalue weighted by molar-refractivity contribution is 5.92. The number of β-amino-alcohol motifs (C(OH)–C–C–N with tert-alkyl or cyclic N) is 1. The quantitative estimate of drug-likeness (QED) is 0.693. The fraction of sp³-hybridized carbons (Fsp3) is 0.818. The molecular formula is C11H19NO3. The molecule has 0 unspecified atom stereocenters. The van der Waals surface area contributed by atoms with Crippen molar-refractivity contribution in [2.24, 2.45) is 5.41 Å². The number of rotatable bonds is 1. The van der Waals surface area contributed by atoms with Gasteiger partial charge in [-0.25, -0.2) is 0 Å². The number of carbonyl (C=O) groups is 2. The van der Waals surface area contributed by atoms with Gasteiger partial charge in [-0.1, -0.05) is 20.8 Å². The molecule has 0 saturated carbocycles. The predicted octanol–water partition coefficient (Wildman–Crippen LogP) is 0.583. The summed E-state index contributed by atoms with van der Waals surface area (Å²) in [6.45, 7) is 7.21. The van der Waals surface area contributed by atoms with Gasteiger partial charge in [0.1, 0.15) is 0 Å². The monoisotopic (exact) mass is 213 g/mol. The Bertz CT molecular complexity index is 280. The van der Waals surface area contributed by atoms with Gasteiger partial charge < -0.3 is 10.0 Å². The summed E-state index contributed by atoms with van der Waals surface area (Å²) in [5.41, 5.74) is -0.470. The topological polar surface area (TPSA) is 57.6 Å². The van der Waals surface area contributed by atoms with Crippen LogP contribution in [0.4, 0.5) is 0 Å². The Morgan fingerprint density at radius 3 is 2.27 bits per heavy atom. The number of ketones is 1. The van der Waals surface area contributed by atoms with Gasteiger partial charge in [-0.2, -0.15) is 0 Å². The van der Waals surface area contributed by atoms with Crippen LogP contribution in [-0.4, -0.2) is 40.4 Å². The normalized spacial score (nSPS) is 26.9. The summed E-state index contributed by atoms with van der Waals surface area (Å²) >= 11 is 0. The molecule has 4 nitrogen and oxygen atoms in total. The number of hydrogen-bond acceptors (Lipinski definition) is 3. The molecule has 0 aromatic heterocycles. The number of hydrogen-bond donors (Lipinski definition) is 1. The Morgan fingerprint density at radius 2 is 1.87 bits per heavy atom. The third-order valence-electron chi connectivity index (χ3n) is 2.73. The molecule has 1 rings (SSSR count). The molecule has 0 aliphatic carbocycles. The molecule has 1 aliphatic rings. The Hall–Kier alpha value is -0.900. The number of aliphatic hydroxyl groups excluding tert-OH is 1. The molecule has 2 atom stereocenters. The Morgan fingerprint density at radius 1 is 1.33 bits per heavy atom. The molecule has 86 valence electrons. The van der Waals surface area contributed by atoms with Crippen LogP contribution in [-0.2, 0) is 9.59 Å². The predicted molar refractivity (Wildman–Crippen MR) is 56.3 cm³/mol. The summed E-state index contributed by atoms with van der Waals surface area (Å²) < 4.78 is 0. The Balaban J connectivity index is 2.85. The number of likely N-dealkylation sites (tertiary alicyclic amines) is 1. The van der Waals surface area contributed by atoms with Crippen LogP contribution >= 0.6 is 0 Å². The van der Waals surface area contributed by atoms with Crippen molar-refractivity contribution in [3.63, 3.8) is 0 Å². The summed E-state index contributed by atoms with van der Waals surface area (Å²) in [5, 5.41) is 9.49. The highest BCUT2D eigenvalue weighted by Crippen LogP contribution is 2.26. The molecule has 1 aliphatic heterocycles. The molecule has 1 N–H and O–H groups in total. The van der Waals surface area contributed by atoms with Crippen molar-refractivity contribution in [3.8, 4) is 0 Å². The lowest BCUT2D eigenvalue weighted by Gasteiger charge is -2.27. The molecule has 1 fully saturated rings. The third kappa shape index (κ3) is 2.56. The molecule has 1 amide bonds. The van der Waals surface area contributed by atoms with E-state index in [1.54, 1.807) is 0 Å². The van der Waals surface area contributed by atoms with E-state index in [0.717, 1.165) is 0 Å². The molecule has 0 spiro atoms. The largest absolute Gasteiger partial charge is 0.391 e. The average molecular weight is 213 g/mol. The standard InChI is InChI=1S/C11H19NO3/c1-7(13)12-6-8(14)5-9(12)10(15)11(2,3)4/h8-9,14H,5-6H2,1-4H3/t8-,9+/m1/s1. The van der Waals surface area contributed by atoms with Crippen LogP contribution in [0.2, 0.25) is 0 Å². The summed E-state index contributed by atoms with van der Waals surface area (Å²) in [4.78, 5) is 24.8. The van der Waals surface area contributed by atoms with Crippen LogP contribution in [0.25, 0.3) is 0 Å². The smallest absolute Gasteiger partial charge is 0.220 e. The first-order valence-corrected chi connectivity index (χ1v) is 5.23. The second kappa shape index (κ2) is 3.93. The van der Waals surface area contributed by atoms with E-state index >= 15 is 0 Å². The minimum atomic E-state index is -0.565. The fourth-order valence-corrected chi connectivity index (χ4v) is 1.91. The van der Waals surface area contributed by atoms with Crippen molar-refractivity contribution in [1.29, 1.82) is 0 Å². The molecule has 15 heavy (non-hydrogen) atoms. The first-order chi connectivity index (χ1) is 6.73. The fourth-order valence-electron chi connectivity index (χ4n) is 1.91. The second-order valence-corrected chi connectivity index (χ2v) is 5.19. The van der Waals surface area contributed by atoms with Crippen LogP contribution < -0.4 is 0 Å². The average Bonchev–Trinajstić information content (AvgIpc) is 2.44. The van der Waals surface area contributed by atoms with Gasteiger partial charge in [-0.3, -0.25) is 9.59 Å². The number of Topliss-reactive ketones (excluding diaryl/α,β-unsaturated/α-hetero) is 1. The Kier molecular flexibility index (Phi) is 3.19. The SMILES string of the molecule is CC(=O)N1C[C@H](O)C[C@H]1C(=O)C(C)(C)C. The Labute approximate surface area is 90.3 Å². The van der Waals surface area contributed by atoms with Gasteiger partial charge in [0, 0.05) is 25.3 Å². The van der Waals surface area contributed by atoms with E-state index in [1.165, 1.54) is 11.8 Å². The van der Waals surface area contributed by atoms with E-state index in [9.17, 15) is 14.7 Å². The van der Waals surface area contributed by atoms with Gasteiger partial charge in [0.2, 0.25) is 5.91 Å². The van der Waals surface area contributed by atoms with E-state index in [0.29, 0.717) is 6.42 Å². The number of aliphatic hydroxyl groups is 1. The van der Waals surface area contributed by atoms with E-state index in [1.807, 2.05) is 20.8 Å². The lowest BCUT2D eigenvalue weighted by atomic mass is 9.85. The summed E-state index contributed by atoms with van der Waals surface area (Å²) in [6.07, 6.45) is -0.194. The van der Waals surface area contributed by atoms with Crippen molar-refractivity contribution in [1.82, 2.24) is 4.90 Å². The molecule has 0 bridgehead atoms. The summed E-state index contributed by atoms with van der Waals surface area (Å²) in [7, 11) is 0. The minimum absolute atomic E-state index is 0.0225. The van der Waals surface area contributed by atoms with Gasteiger partial charge in [0.25, 0.3) is 0 Å². The summed E-state index contributed by atoms with van der Waals surface area (Å²) in [6, 6.07) is -0.447. The second-order valence-electron chi connectivity index (χ2n) is 5.19. The molecule has 1 heterocycles. The molecule has 0 radical (unpaired) electrons. The lowest BCUT2D eigenvalue weighted by Crippen LogP contribution is -2.44. The number of carbonyl (C=O) groups excluding carboxylic acids is 2. The van der Waals surface area contributed by atoms with Crippen LogP contribution in [0.3, 0.4) is 0 Å². The first kappa shape index (κ1) is 12.2. The molecular weight excluding hydrogens is 194 g/mol. The van der Waals surface area contributed by atoms with Crippen molar-refractivity contribution in [3.05, 3.63) is 0 Å². The van der Waals surface area contributed by atoms with E-state index in [-0.39, 0.29) is 18.2 Å².